The fourth-order valence-corrected chi connectivity index (χ4v) is 7.89. The van der Waals surface area contributed by atoms with Gasteiger partial charge in [-0.1, -0.05) is 17.6 Å². The zero-order valence-corrected chi connectivity index (χ0v) is 20.8. The molecule has 3 aromatic heterocycles. The molecule has 0 unspecified atom stereocenters. The van der Waals surface area contributed by atoms with Gasteiger partial charge in [0.1, 0.15) is 0 Å². The molecule has 5 rings (SSSR count). The largest absolute Gasteiger partial charge is 0.351 e. The van der Waals surface area contributed by atoms with Crippen molar-refractivity contribution >= 4 is 38.6 Å². The second-order valence-electron chi connectivity index (χ2n) is 8.61. The van der Waals surface area contributed by atoms with Crippen LogP contribution in [0.15, 0.2) is 33.0 Å². The van der Waals surface area contributed by atoms with Gasteiger partial charge in [-0.2, -0.15) is 9.29 Å². The summed E-state index contributed by atoms with van der Waals surface area (Å²) in [4.78, 5) is 19.9. The molecule has 33 heavy (non-hydrogen) atoms. The average Bonchev–Trinajstić information content (AvgIpc) is 3.52. The van der Waals surface area contributed by atoms with E-state index < -0.39 is 10.0 Å². The number of piperidine rings is 1. The first-order valence-corrected chi connectivity index (χ1v) is 14.3. The highest BCUT2D eigenvalue weighted by molar-refractivity contribution is 7.89. The first-order chi connectivity index (χ1) is 15.9. The van der Waals surface area contributed by atoms with Crippen LogP contribution in [0, 0.1) is 12.8 Å². The molecule has 1 saturated carbocycles. The van der Waals surface area contributed by atoms with Crippen molar-refractivity contribution in [3.8, 4) is 10.7 Å². The fraction of sp³-hybridized carbons (Fsp3) is 0.500. The average molecular weight is 507 g/mol. The lowest BCUT2D eigenvalue weighted by molar-refractivity contribution is -0.126. The van der Waals surface area contributed by atoms with Gasteiger partial charge in [-0.05, 0) is 50.1 Å². The van der Waals surface area contributed by atoms with E-state index in [1.165, 1.54) is 22.1 Å². The topological polar surface area (TPSA) is 105 Å². The lowest BCUT2D eigenvalue weighted by atomic mass is 9.85. The predicted octanol–water partition coefficient (Wildman–Crippen LogP) is 4.15. The molecule has 1 amide bonds. The van der Waals surface area contributed by atoms with E-state index in [9.17, 15) is 13.2 Å². The molecule has 0 radical (unpaired) electrons. The molecule has 0 spiro atoms. The molecule has 2 aliphatic rings. The predicted molar refractivity (Wildman–Crippen MR) is 127 cm³/mol. The van der Waals surface area contributed by atoms with Crippen LogP contribution in [0.5, 0.6) is 0 Å². The summed E-state index contributed by atoms with van der Waals surface area (Å²) in [6, 6.07) is 5.56. The van der Waals surface area contributed by atoms with Gasteiger partial charge in [0.25, 0.3) is 0 Å². The number of hydrogen-bond donors (Lipinski definition) is 1. The van der Waals surface area contributed by atoms with E-state index in [0.717, 1.165) is 17.7 Å². The van der Waals surface area contributed by atoms with Crippen molar-refractivity contribution in [3.63, 3.8) is 0 Å². The first-order valence-electron chi connectivity index (χ1n) is 11.2. The van der Waals surface area contributed by atoms with Crippen LogP contribution in [0.3, 0.4) is 0 Å². The van der Waals surface area contributed by atoms with Crippen LogP contribution < -0.4 is 5.32 Å². The Morgan fingerprint density at radius 1 is 1.30 bits per heavy atom. The van der Waals surface area contributed by atoms with Crippen molar-refractivity contribution in [2.24, 2.45) is 5.92 Å². The second-order valence-corrected chi connectivity index (χ2v) is 12.8. The van der Waals surface area contributed by atoms with Crippen LogP contribution >= 0.6 is 22.7 Å². The van der Waals surface area contributed by atoms with E-state index in [1.807, 2.05) is 17.5 Å². The van der Waals surface area contributed by atoms with Gasteiger partial charge in [-0.15, -0.1) is 22.7 Å². The summed E-state index contributed by atoms with van der Waals surface area (Å²) in [5, 5.41) is 9.00. The molecule has 1 aliphatic carbocycles. The van der Waals surface area contributed by atoms with E-state index in [4.69, 9.17) is 4.52 Å². The monoisotopic (exact) mass is 506 g/mol. The molecule has 4 heterocycles. The van der Waals surface area contributed by atoms with E-state index in [0.29, 0.717) is 53.3 Å². The minimum atomic E-state index is -3.73. The van der Waals surface area contributed by atoms with Crippen molar-refractivity contribution in [1.82, 2.24) is 19.8 Å². The van der Waals surface area contributed by atoms with Crippen molar-refractivity contribution in [3.05, 3.63) is 39.2 Å². The number of aryl methyl sites for hydroxylation is 1. The van der Waals surface area contributed by atoms with Crippen molar-refractivity contribution in [2.45, 2.75) is 56.4 Å². The first kappa shape index (κ1) is 22.7. The number of carbonyl (C=O) groups excluding carboxylic acids is 1. The number of sulfonamides is 1. The van der Waals surface area contributed by atoms with Crippen LogP contribution in [-0.2, 0) is 21.4 Å². The molecule has 1 aliphatic heterocycles. The van der Waals surface area contributed by atoms with Crippen molar-refractivity contribution < 1.29 is 17.7 Å². The van der Waals surface area contributed by atoms with Gasteiger partial charge < -0.3 is 9.84 Å². The summed E-state index contributed by atoms with van der Waals surface area (Å²) in [6.45, 7) is 2.87. The van der Waals surface area contributed by atoms with Gasteiger partial charge in [0.05, 0.1) is 22.2 Å². The molecule has 1 N–H and O–H groups in total. The van der Waals surface area contributed by atoms with Gasteiger partial charge in [-0.25, -0.2) is 8.42 Å². The molecule has 11 heteroatoms. The molecule has 0 aromatic carbocycles. The third-order valence-electron chi connectivity index (χ3n) is 6.38. The zero-order valence-electron chi connectivity index (χ0n) is 18.3. The summed E-state index contributed by atoms with van der Waals surface area (Å²) in [5.74, 6) is 0.956. The van der Waals surface area contributed by atoms with Crippen LogP contribution in [0.1, 0.15) is 53.7 Å². The summed E-state index contributed by atoms with van der Waals surface area (Å²) in [5.41, 5.74) is 0. The Balaban J connectivity index is 1.29. The molecule has 1 atom stereocenters. The van der Waals surface area contributed by atoms with Crippen molar-refractivity contribution in [2.75, 3.05) is 13.1 Å². The Bertz CT molecular complexity index is 1230. The Hall–Kier alpha value is -2.08. The summed E-state index contributed by atoms with van der Waals surface area (Å²) in [7, 11) is -3.73. The number of hydrogen-bond acceptors (Lipinski definition) is 8. The highest BCUT2D eigenvalue weighted by atomic mass is 32.2. The smallest absolute Gasteiger partial charge is 0.244 e. The van der Waals surface area contributed by atoms with E-state index >= 15 is 0 Å². The lowest BCUT2D eigenvalue weighted by Gasteiger charge is -2.31. The summed E-state index contributed by atoms with van der Waals surface area (Å²) < 4.78 is 33.8. The molecule has 1 saturated heterocycles. The van der Waals surface area contributed by atoms with Gasteiger partial charge >= 0.3 is 0 Å². The number of nitrogens with one attached hydrogen (secondary N) is 1. The van der Waals surface area contributed by atoms with Crippen LogP contribution in [-0.4, -0.2) is 41.9 Å². The Kier molecular flexibility index (Phi) is 6.39. The Labute approximate surface area is 201 Å². The van der Waals surface area contributed by atoms with Crippen LogP contribution in [0.25, 0.3) is 10.7 Å². The number of aromatic nitrogens is 2. The molecular weight excluding hydrogens is 480 g/mol. The maximum Gasteiger partial charge on any atom is 0.244 e. The minimum Gasteiger partial charge on any atom is -0.351 e. The molecule has 8 nitrogen and oxygen atoms in total. The number of amides is 1. The number of thiophene rings is 2. The molecule has 176 valence electrons. The number of rotatable bonds is 7. The maximum atomic E-state index is 13.5. The van der Waals surface area contributed by atoms with Crippen molar-refractivity contribution in [1.29, 1.82) is 0 Å². The lowest BCUT2D eigenvalue weighted by Crippen LogP contribution is -2.45. The van der Waals surface area contributed by atoms with Gasteiger partial charge in [0.15, 0.2) is 0 Å². The second kappa shape index (κ2) is 9.28. The molecule has 3 aromatic rings. The normalized spacial score (nSPS) is 20.0. The third-order valence-corrected chi connectivity index (χ3v) is 10.4. The van der Waals surface area contributed by atoms with Crippen LogP contribution in [0.4, 0.5) is 0 Å². The number of nitrogens with zero attached hydrogens (tertiary/aromatic N) is 3. The third kappa shape index (κ3) is 4.64. The van der Waals surface area contributed by atoms with E-state index in [-0.39, 0.29) is 23.3 Å². The van der Waals surface area contributed by atoms with Gasteiger partial charge in [0.2, 0.25) is 27.6 Å². The number of carbonyl (C=O) groups is 1. The maximum absolute atomic E-state index is 13.5. The Morgan fingerprint density at radius 3 is 2.88 bits per heavy atom. The highest BCUT2D eigenvalue weighted by Gasteiger charge is 2.35. The van der Waals surface area contributed by atoms with Gasteiger partial charge in [0, 0.05) is 28.8 Å². The standard InChI is InChI=1S/C22H26N4O4S3/c1-14-19(11-18(32-14)20-24-22(30-25-20)15-5-2-6-15)33(28,29)26-9-3-7-16(13-26)21(27)23-12-17-8-4-10-31-17/h4,8,10-11,15-16H,2-3,5-7,9,12-13H2,1H3,(H,23,27)/t16-/m0/s1. The van der Waals surface area contributed by atoms with E-state index in [2.05, 4.69) is 15.5 Å². The fourth-order valence-electron chi connectivity index (χ4n) is 4.23. The summed E-state index contributed by atoms with van der Waals surface area (Å²) >= 11 is 2.94. The van der Waals surface area contributed by atoms with Crippen LogP contribution in [0.2, 0.25) is 0 Å². The molecular formula is C22H26N4O4S3. The summed E-state index contributed by atoms with van der Waals surface area (Å²) in [6.07, 6.45) is 4.63. The minimum absolute atomic E-state index is 0.0960. The SMILES string of the molecule is Cc1sc(-c2noc(C3CCC3)n2)cc1S(=O)(=O)N1CCC[C@H](C(=O)NCc2cccs2)C1. The Morgan fingerprint density at radius 2 is 2.15 bits per heavy atom. The highest BCUT2D eigenvalue weighted by Crippen LogP contribution is 2.38. The zero-order chi connectivity index (χ0) is 23.0. The van der Waals surface area contributed by atoms with Gasteiger partial charge in [-0.3, -0.25) is 4.79 Å². The van der Waals surface area contributed by atoms with E-state index in [1.54, 1.807) is 24.3 Å². The molecule has 2 fully saturated rings. The quantitative estimate of drug-likeness (QED) is 0.516. The molecule has 0 bridgehead atoms.